The first-order chi connectivity index (χ1) is 11.6. The molecule has 0 aliphatic carbocycles. The molecule has 3 rings (SSSR count). The minimum Gasteiger partial charge on any atom is -0.507 e. The van der Waals surface area contributed by atoms with Gasteiger partial charge in [0, 0.05) is 39.3 Å². The first-order valence-corrected chi connectivity index (χ1v) is 8.72. The van der Waals surface area contributed by atoms with E-state index in [-0.39, 0.29) is 17.6 Å². The van der Waals surface area contributed by atoms with E-state index in [1.165, 1.54) is 12.5 Å². The van der Waals surface area contributed by atoms with Gasteiger partial charge in [-0.2, -0.15) is 0 Å². The van der Waals surface area contributed by atoms with Crippen molar-refractivity contribution >= 4 is 11.8 Å². The van der Waals surface area contributed by atoms with Gasteiger partial charge in [-0.3, -0.25) is 14.5 Å². The average Bonchev–Trinajstić information content (AvgIpc) is 2.63. The molecule has 0 bridgehead atoms. The highest BCUT2D eigenvalue weighted by Crippen LogP contribution is 2.19. The third-order valence-corrected chi connectivity index (χ3v) is 4.86. The molecule has 2 saturated heterocycles. The van der Waals surface area contributed by atoms with Crippen LogP contribution in [0.25, 0.3) is 0 Å². The normalized spacial score (nSPS) is 19.3. The average molecular weight is 331 g/mol. The summed E-state index contributed by atoms with van der Waals surface area (Å²) in [6.45, 7) is 4.76. The molecular weight excluding hydrogens is 306 g/mol. The van der Waals surface area contributed by atoms with E-state index in [0.717, 1.165) is 25.9 Å². The van der Waals surface area contributed by atoms with Gasteiger partial charge in [0.25, 0.3) is 5.91 Å². The monoisotopic (exact) mass is 331 g/mol. The van der Waals surface area contributed by atoms with Crippen LogP contribution in [0.3, 0.4) is 0 Å². The second-order valence-corrected chi connectivity index (χ2v) is 6.53. The molecule has 0 spiro atoms. The number of likely N-dealkylation sites (tertiary alicyclic amines) is 1. The zero-order valence-corrected chi connectivity index (χ0v) is 14.0. The highest BCUT2D eigenvalue weighted by atomic mass is 16.3. The van der Waals surface area contributed by atoms with Gasteiger partial charge < -0.3 is 14.9 Å². The topological polar surface area (TPSA) is 64.1 Å². The Balaban J connectivity index is 1.49. The lowest BCUT2D eigenvalue weighted by molar-refractivity contribution is -0.133. The standard InChI is InChI=1S/C18H25N3O3/c22-16-7-3-2-6-15(16)18(24)21-12-10-19(11-13-21)14-17(23)20-8-4-1-5-9-20/h2-3,6-7,22H,1,4-5,8-14H2. The highest BCUT2D eigenvalue weighted by Gasteiger charge is 2.26. The smallest absolute Gasteiger partial charge is 0.257 e. The number of phenolic OH excluding ortho intramolecular Hbond substituents is 1. The van der Waals surface area contributed by atoms with Crippen LogP contribution < -0.4 is 0 Å². The van der Waals surface area contributed by atoms with Crippen molar-refractivity contribution in [3.8, 4) is 5.75 Å². The molecule has 0 radical (unpaired) electrons. The number of rotatable bonds is 3. The molecule has 6 heteroatoms. The van der Waals surface area contributed by atoms with E-state index in [1.54, 1.807) is 23.1 Å². The molecule has 2 amide bonds. The van der Waals surface area contributed by atoms with E-state index in [0.29, 0.717) is 38.3 Å². The van der Waals surface area contributed by atoms with Crippen molar-refractivity contribution < 1.29 is 14.7 Å². The molecule has 1 aromatic rings. The van der Waals surface area contributed by atoms with Gasteiger partial charge in [-0.15, -0.1) is 0 Å². The number of benzene rings is 1. The lowest BCUT2D eigenvalue weighted by atomic mass is 10.1. The first-order valence-electron chi connectivity index (χ1n) is 8.72. The van der Waals surface area contributed by atoms with Gasteiger partial charge in [-0.1, -0.05) is 12.1 Å². The van der Waals surface area contributed by atoms with Gasteiger partial charge in [0.2, 0.25) is 5.91 Å². The number of para-hydroxylation sites is 1. The Morgan fingerprint density at radius 1 is 0.875 bits per heavy atom. The van der Waals surface area contributed by atoms with Gasteiger partial charge >= 0.3 is 0 Å². The Labute approximate surface area is 142 Å². The molecule has 6 nitrogen and oxygen atoms in total. The zero-order valence-electron chi connectivity index (χ0n) is 14.0. The number of piperidine rings is 1. The fourth-order valence-electron chi connectivity index (χ4n) is 3.37. The van der Waals surface area contributed by atoms with Crippen LogP contribution in [-0.2, 0) is 4.79 Å². The maximum Gasteiger partial charge on any atom is 0.257 e. The van der Waals surface area contributed by atoms with Gasteiger partial charge in [0.05, 0.1) is 12.1 Å². The summed E-state index contributed by atoms with van der Waals surface area (Å²) in [5.74, 6) is 0.0792. The summed E-state index contributed by atoms with van der Waals surface area (Å²) in [6, 6.07) is 6.63. The summed E-state index contributed by atoms with van der Waals surface area (Å²) >= 11 is 0. The number of nitrogens with zero attached hydrogens (tertiary/aromatic N) is 3. The lowest BCUT2D eigenvalue weighted by Gasteiger charge is -2.36. The minimum atomic E-state index is -0.143. The van der Waals surface area contributed by atoms with Gasteiger partial charge in [-0.25, -0.2) is 0 Å². The predicted octanol–water partition coefficient (Wildman–Crippen LogP) is 1.16. The van der Waals surface area contributed by atoms with Gasteiger partial charge in [0.1, 0.15) is 5.75 Å². The molecule has 130 valence electrons. The Kier molecular flexibility index (Phi) is 5.35. The van der Waals surface area contributed by atoms with Gasteiger partial charge in [-0.05, 0) is 31.4 Å². The van der Waals surface area contributed by atoms with Crippen molar-refractivity contribution in [1.29, 1.82) is 0 Å². The molecule has 2 fully saturated rings. The molecule has 24 heavy (non-hydrogen) atoms. The van der Waals surface area contributed by atoms with Gasteiger partial charge in [0.15, 0.2) is 0 Å². The molecule has 0 saturated carbocycles. The van der Waals surface area contributed by atoms with E-state index in [2.05, 4.69) is 4.90 Å². The molecule has 1 N–H and O–H groups in total. The number of piperazine rings is 1. The van der Waals surface area contributed by atoms with Crippen LogP contribution >= 0.6 is 0 Å². The SMILES string of the molecule is O=C(CN1CCN(C(=O)c2ccccc2O)CC1)N1CCCCC1. The number of carbonyl (C=O) groups excluding carboxylic acids is 2. The summed E-state index contributed by atoms with van der Waals surface area (Å²) < 4.78 is 0. The summed E-state index contributed by atoms with van der Waals surface area (Å²) in [6.07, 6.45) is 3.43. The van der Waals surface area contributed by atoms with Crippen LogP contribution in [0.4, 0.5) is 0 Å². The molecule has 0 atom stereocenters. The summed E-state index contributed by atoms with van der Waals surface area (Å²) in [5, 5.41) is 9.82. The molecule has 2 aliphatic rings. The third-order valence-electron chi connectivity index (χ3n) is 4.86. The Morgan fingerprint density at radius 2 is 1.54 bits per heavy atom. The summed E-state index contributed by atoms with van der Waals surface area (Å²) in [7, 11) is 0. The first kappa shape index (κ1) is 16.8. The van der Waals surface area contributed by atoms with Crippen LogP contribution in [0.15, 0.2) is 24.3 Å². The van der Waals surface area contributed by atoms with Crippen molar-refractivity contribution in [1.82, 2.24) is 14.7 Å². The van der Waals surface area contributed by atoms with Crippen molar-refractivity contribution in [3.05, 3.63) is 29.8 Å². The van der Waals surface area contributed by atoms with Crippen molar-refractivity contribution in [2.45, 2.75) is 19.3 Å². The Bertz CT molecular complexity index is 591. The Hall–Kier alpha value is -2.08. The molecule has 2 heterocycles. The number of carbonyl (C=O) groups is 2. The molecule has 0 unspecified atom stereocenters. The fraction of sp³-hybridized carbons (Fsp3) is 0.556. The summed E-state index contributed by atoms with van der Waals surface area (Å²) in [4.78, 5) is 30.6. The lowest BCUT2D eigenvalue weighted by Crippen LogP contribution is -2.52. The zero-order chi connectivity index (χ0) is 16.9. The number of amides is 2. The van der Waals surface area contributed by atoms with Crippen LogP contribution in [0.1, 0.15) is 29.6 Å². The second kappa shape index (κ2) is 7.66. The number of hydrogen-bond donors (Lipinski definition) is 1. The van der Waals surface area contributed by atoms with E-state index >= 15 is 0 Å². The van der Waals surface area contributed by atoms with Crippen molar-refractivity contribution in [2.24, 2.45) is 0 Å². The minimum absolute atomic E-state index is 0.0187. The molecule has 2 aliphatic heterocycles. The largest absolute Gasteiger partial charge is 0.507 e. The molecule has 1 aromatic carbocycles. The second-order valence-electron chi connectivity index (χ2n) is 6.53. The molecular formula is C18H25N3O3. The Morgan fingerprint density at radius 3 is 2.21 bits per heavy atom. The number of phenols is 1. The fourth-order valence-corrected chi connectivity index (χ4v) is 3.37. The van der Waals surface area contributed by atoms with Crippen LogP contribution in [-0.4, -0.2) is 77.4 Å². The quantitative estimate of drug-likeness (QED) is 0.903. The van der Waals surface area contributed by atoms with Crippen LogP contribution in [0, 0.1) is 0 Å². The van der Waals surface area contributed by atoms with E-state index in [4.69, 9.17) is 0 Å². The van der Waals surface area contributed by atoms with E-state index < -0.39 is 0 Å². The predicted molar refractivity (Wildman–Crippen MR) is 90.9 cm³/mol. The number of hydrogen-bond acceptors (Lipinski definition) is 4. The maximum absolute atomic E-state index is 12.5. The van der Waals surface area contributed by atoms with E-state index in [9.17, 15) is 14.7 Å². The van der Waals surface area contributed by atoms with Crippen molar-refractivity contribution in [2.75, 3.05) is 45.8 Å². The summed E-state index contributed by atoms with van der Waals surface area (Å²) in [5.41, 5.74) is 0.343. The highest BCUT2D eigenvalue weighted by molar-refractivity contribution is 5.96. The van der Waals surface area contributed by atoms with Crippen molar-refractivity contribution in [3.63, 3.8) is 0 Å². The number of aromatic hydroxyl groups is 1. The van der Waals surface area contributed by atoms with E-state index in [1.807, 2.05) is 4.90 Å². The van der Waals surface area contributed by atoms with Crippen LogP contribution in [0.2, 0.25) is 0 Å². The third kappa shape index (κ3) is 3.87. The molecule has 0 aromatic heterocycles. The van der Waals surface area contributed by atoms with Crippen LogP contribution in [0.5, 0.6) is 5.75 Å². The maximum atomic E-state index is 12.5.